The molecule has 19 heavy (non-hydrogen) atoms. The topological polar surface area (TPSA) is 41.1 Å². The third kappa shape index (κ3) is 7.23. The van der Waals surface area contributed by atoms with Crippen molar-refractivity contribution in [2.24, 2.45) is 0 Å². The lowest BCUT2D eigenvalue weighted by atomic mass is 10.1. The molecule has 0 radical (unpaired) electrons. The summed E-state index contributed by atoms with van der Waals surface area (Å²) in [6, 6.07) is 8.35. The molecular weight excluding hydrogens is 256 g/mol. The maximum absolute atomic E-state index is 11.7. The van der Waals surface area contributed by atoms with Crippen LogP contribution < -0.4 is 10.6 Å². The Morgan fingerprint density at radius 1 is 1.21 bits per heavy atom. The number of amides is 1. The predicted molar refractivity (Wildman–Crippen MR) is 82.4 cm³/mol. The molecule has 0 aliphatic rings. The van der Waals surface area contributed by atoms with Gasteiger partial charge >= 0.3 is 0 Å². The monoisotopic (exact) mass is 280 g/mol. The highest BCUT2D eigenvalue weighted by molar-refractivity contribution is 8.00. The van der Waals surface area contributed by atoms with Crippen LogP contribution in [0, 0.1) is 0 Å². The van der Waals surface area contributed by atoms with E-state index >= 15 is 0 Å². The van der Waals surface area contributed by atoms with Crippen LogP contribution in [0.25, 0.3) is 0 Å². The highest BCUT2D eigenvalue weighted by Crippen LogP contribution is 2.18. The van der Waals surface area contributed by atoms with E-state index in [1.165, 1.54) is 5.56 Å². The van der Waals surface area contributed by atoms with Crippen molar-refractivity contribution in [1.29, 1.82) is 0 Å². The average molecular weight is 280 g/mol. The molecule has 0 aliphatic heterocycles. The molecule has 106 valence electrons. The molecule has 0 saturated heterocycles. The van der Waals surface area contributed by atoms with Crippen LogP contribution in [0.1, 0.15) is 33.3 Å². The standard InChI is InChI=1S/C15H24N2OS/c1-5-16-10-12-6-8-13(9-7-12)19-11-14(18)17-15(2,3)4/h6-9,16H,5,10-11H2,1-4H3,(H,17,18). The minimum atomic E-state index is -0.159. The molecule has 0 unspecified atom stereocenters. The van der Waals surface area contributed by atoms with Gasteiger partial charge in [0.25, 0.3) is 0 Å². The van der Waals surface area contributed by atoms with Gasteiger partial charge in [-0.2, -0.15) is 0 Å². The van der Waals surface area contributed by atoms with Crippen molar-refractivity contribution in [3.8, 4) is 0 Å². The van der Waals surface area contributed by atoms with E-state index in [4.69, 9.17) is 0 Å². The van der Waals surface area contributed by atoms with Gasteiger partial charge in [0.05, 0.1) is 5.75 Å². The summed E-state index contributed by atoms with van der Waals surface area (Å²) in [5, 5.41) is 6.25. The van der Waals surface area contributed by atoms with Gasteiger partial charge < -0.3 is 10.6 Å². The summed E-state index contributed by atoms with van der Waals surface area (Å²) in [6.07, 6.45) is 0. The smallest absolute Gasteiger partial charge is 0.230 e. The van der Waals surface area contributed by atoms with Crippen molar-refractivity contribution >= 4 is 17.7 Å². The third-order valence-electron chi connectivity index (χ3n) is 2.39. The largest absolute Gasteiger partial charge is 0.351 e. The van der Waals surface area contributed by atoms with Crippen molar-refractivity contribution in [3.05, 3.63) is 29.8 Å². The van der Waals surface area contributed by atoms with E-state index in [0.29, 0.717) is 5.75 Å². The SMILES string of the molecule is CCNCc1ccc(SCC(=O)NC(C)(C)C)cc1. The zero-order valence-electron chi connectivity index (χ0n) is 12.2. The van der Waals surface area contributed by atoms with E-state index in [2.05, 4.69) is 41.8 Å². The summed E-state index contributed by atoms with van der Waals surface area (Å²) in [5.74, 6) is 0.540. The van der Waals surface area contributed by atoms with Gasteiger partial charge in [0, 0.05) is 17.0 Å². The fraction of sp³-hybridized carbons (Fsp3) is 0.533. The maximum atomic E-state index is 11.7. The Bertz CT molecular complexity index is 396. The maximum Gasteiger partial charge on any atom is 0.230 e. The molecule has 0 bridgehead atoms. The zero-order valence-corrected chi connectivity index (χ0v) is 13.1. The van der Waals surface area contributed by atoms with Crippen LogP contribution in [0.2, 0.25) is 0 Å². The second-order valence-corrected chi connectivity index (χ2v) is 6.56. The minimum absolute atomic E-state index is 0.0780. The Balaban J connectivity index is 2.39. The minimum Gasteiger partial charge on any atom is -0.351 e. The summed E-state index contributed by atoms with van der Waals surface area (Å²) in [5.41, 5.74) is 1.11. The molecule has 1 aromatic rings. The number of benzene rings is 1. The Labute approximate surface area is 120 Å². The van der Waals surface area contributed by atoms with Gasteiger partial charge in [0.1, 0.15) is 0 Å². The third-order valence-corrected chi connectivity index (χ3v) is 3.40. The molecule has 2 N–H and O–H groups in total. The highest BCUT2D eigenvalue weighted by Gasteiger charge is 2.13. The molecule has 0 fully saturated rings. The molecule has 1 rings (SSSR count). The lowest BCUT2D eigenvalue weighted by molar-refractivity contribution is -0.119. The van der Waals surface area contributed by atoms with Crippen molar-refractivity contribution in [3.63, 3.8) is 0 Å². The number of rotatable bonds is 6. The lowest BCUT2D eigenvalue weighted by Gasteiger charge is -2.20. The number of hydrogen-bond donors (Lipinski definition) is 2. The molecule has 1 aromatic carbocycles. The van der Waals surface area contributed by atoms with Crippen LogP contribution >= 0.6 is 11.8 Å². The summed E-state index contributed by atoms with van der Waals surface area (Å²) in [4.78, 5) is 12.8. The average Bonchev–Trinajstić information content (AvgIpc) is 2.33. The Hall–Kier alpha value is -1.00. The summed E-state index contributed by atoms with van der Waals surface area (Å²) in [6.45, 7) is 9.94. The number of nitrogens with one attached hydrogen (secondary N) is 2. The van der Waals surface area contributed by atoms with Crippen molar-refractivity contribution in [2.45, 2.75) is 44.7 Å². The predicted octanol–water partition coefficient (Wildman–Crippen LogP) is 2.80. The van der Waals surface area contributed by atoms with Crippen LogP contribution in [0.3, 0.4) is 0 Å². The molecule has 1 amide bonds. The highest BCUT2D eigenvalue weighted by atomic mass is 32.2. The molecule has 0 spiro atoms. The Morgan fingerprint density at radius 3 is 2.37 bits per heavy atom. The van der Waals surface area contributed by atoms with E-state index in [1.54, 1.807) is 11.8 Å². The van der Waals surface area contributed by atoms with Gasteiger partial charge in [-0.3, -0.25) is 4.79 Å². The quantitative estimate of drug-likeness (QED) is 0.787. The molecule has 3 nitrogen and oxygen atoms in total. The van der Waals surface area contributed by atoms with Gasteiger partial charge in [-0.15, -0.1) is 11.8 Å². The molecular formula is C15H24N2OS. The van der Waals surface area contributed by atoms with Crippen molar-refractivity contribution in [1.82, 2.24) is 10.6 Å². The fourth-order valence-electron chi connectivity index (χ4n) is 1.58. The molecule has 0 aliphatic carbocycles. The Morgan fingerprint density at radius 2 is 1.84 bits per heavy atom. The van der Waals surface area contributed by atoms with Gasteiger partial charge in [-0.25, -0.2) is 0 Å². The molecule has 0 aromatic heterocycles. The fourth-order valence-corrected chi connectivity index (χ4v) is 2.27. The van der Waals surface area contributed by atoms with Crippen LogP contribution in [-0.2, 0) is 11.3 Å². The van der Waals surface area contributed by atoms with Gasteiger partial charge in [-0.05, 0) is 45.0 Å². The second-order valence-electron chi connectivity index (χ2n) is 5.51. The van der Waals surface area contributed by atoms with Crippen LogP contribution in [0.4, 0.5) is 0 Å². The lowest BCUT2D eigenvalue weighted by Crippen LogP contribution is -2.41. The Kier molecular flexibility index (Phi) is 6.38. The van der Waals surface area contributed by atoms with Crippen molar-refractivity contribution in [2.75, 3.05) is 12.3 Å². The first kappa shape index (κ1) is 16.1. The first-order chi connectivity index (χ1) is 8.90. The van der Waals surface area contributed by atoms with E-state index < -0.39 is 0 Å². The summed E-state index contributed by atoms with van der Waals surface area (Å²) < 4.78 is 0. The number of hydrogen-bond acceptors (Lipinski definition) is 3. The van der Waals surface area contributed by atoms with E-state index in [1.807, 2.05) is 20.8 Å². The van der Waals surface area contributed by atoms with Crippen molar-refractivity contribution < 1.29 is 4.79 Å². The molecule has 0 heterocycles. The first-order valence-corrected chi connectivity index (χ1v) is 7.63. The van der Waals surface area contributed by atoms with Gasteiger partial charge in [0.15, 0.2) is 0 Å². The van der Waals surface area contributed by atoms with Gasteiger partial charge in [0.2, 0.25) is 5.91 Å². The normalized spacial score (nSPS) is 11.4. The summed E-state index contributed by atoms with van der Waals surface area (Å²) >= 11 is 1.57. The molecule has 0 atom stereocenters. The van der Waals surface area contributed by atoms with Gasteiger partial charge in [-0.1, -0.05) is 19.1 Å². The summed E-state index contributed by atoms with van der Waals surface area (Å²) in [7, 11) is 0. The number of carbonyl (C=O) groups is 1. The zero-order chi connectivity index (χ0) is 14.3. The second kappa shape index (κ2) is 7.56. The molecule has 4 heteroatoms. The molecule has 0 saturated carbocycles. The number of thioether (sulfide) groups is 1. The van der Waals surface area contributed by atoms with E-state index in [-0.39, 0.29) is 11.4 Å². The van der Waals surface area contributed by atoms with E-state index in [0.717, 1.165) is 18.0 Å². The number of carbonyl (C=O) groups excluding carboxylic acids is 1. The van der Waals surface area contributed by atoms with Crippen LogP contribution in [-0.4, -0.2) is 23.7 Å². The van der Waals surface area contributed by atoms with Crippen LogP contribution in [0.5, 0.6) is 0 Å². The first-order valence-electron chi connectivity index (χ1n) is 6.64. The van der Waals surface area contributed by atoms with E-state index in [9.17, 15) is 4.79 Å². The van der Waals surface area contributed by atoms with Crippen LogP contribution in [0.15, 0.2) is 29.2 Å².